The van der Waals surface area contributed by atoms with Gasteiger partial charge in [-0.05, 0) is 62.4 Å². The number of aromatic nitrogens is 2. The molecule has 5 nitrogen and oxygen atoms in total. The summed E-state index contributed by atoms with van der Waals surface area (Å²) >= 11 is 0. The van der Waals surface area contributed by atoms with Gasteiger partial charge in [0.25, 0.3) is 0 Å². The molecule has 0 saturated carbocycles. The Morgan fingerprint density at radius 3 is 2.53 bits per heavy atom. The number of amides is 1. The van der Waals surface area contributed by atoms with Gasteiger partial charge in [0.05, 0.1) is 11.3 Å². The van der Waals surface area contributed by atoms with Crippen molar-refractivity contribution in [3.8, 4) is 0 Å². The van der Waals surface area contributed by atoms with Gasteiger partial charge in [0.15, 0.2) is 0 Å². The SMILES string of the molecule is CCn1nc(C)c2c1CCN(C(C(=O)NC)c1ccccc1)C2CCc1cc(C(F)(F)F)ccc1C. The lowest BCUT2D eigenvalue weighted by atomic mass is 9.88. The van der Waals surface area contributed by atoms with Crippen molar-refractivity contribution >= 4 is 5.91 Å². The van der Waals surface area contributed by atoms with Crippen molar-refractivity contribution in [3.05, 3.63) is 87.7 Å². The minimum atomic E-state index is -4.39. The summed E-state index contributed by atoms with van der Waals surface area (Å²) < 4.78 is 42.2. The number of nitrogens with zero attached hydrogens (tertiary/aromatic N) is 3. The Labute approximate surface area is 210 Å². The van der Waals surface area contributed by atoms with Crippen LogP contribution in [0.25, 0.3) is 0 Å². The number of fused-ring (bicyclic) bond motifs is 1. The molecule has 0 spiro atoms. The molecule has 0 fully saturated rings. The number of aryl methyl sites for hydroxylation is 4. The van der Waals surface area contributed by atoms with Gasteiger partial charge in [0.2, 0.25) is 5.91 Å². The molecule has 8 heteroatoms. The van der Waals surface area contributed by atoms with Crippen LogP contribution in [0.3, 0.4) is 0 Å². The predicted octanol–water partition coefficient (Wildman–Crippen LogP) is 5.56. The average Bonchev–Trinajstić information content (AvgIpc) is 3.19. The van der Waals surface area contributed by atoms with Gasteiger partial charge in [0, 0.05) is 43.9 Å². The Morgan fingerprint density at radius 1 is 1.17 bits per heavy atom. The number of benzene rings is 2. The van der Waals surface area contributed by atoms with E-state index >= 15 is 0 Å². The van der Waals surface area contributed by atoms with Crippen molar-refractivity contribution in [2.45, 2.75) is 64.8 Å². The Morgan fingerprint density at radius 2 is 1.89 bits per heavy atom. The zero-order valence-corrected chi connectivity index (χ0v) is 21.2. The molecule has 2 aromatic carbocycles. The molecule has 0 bridgehead atoms. The first-order valence-corrected chi connectivity index (χ1v) is 12.4. The smallest absolute Gasteiger partial charge is 0.358 e. The molecule has 0 aliphatic carbocycles. The van der Waals surface area contributed by atoms with Crippen LogP contribution in [-0.2, 0) is 30.4 Å². The molecule has 0 radical (unpaired) electrons. The topological polar surface area (TPSA) is 50.2 Å². The molecule has 2 atom stereocenters. The van der Waals surface area contributed by atoms with Gasteiger partial charge >= 0.3 is 6.18 Å². The predicted molar refractivity (Wildman–Crippen MR) is 134 cm³/mol. The summed E-state index contributed by atoms with van der Waals surface area (Å²) in [4.78, 5) is 15.4. The molecule has 36 heavy (non-hydrogen) atoms. The highest BCUT2D eigenvalue weighted by atomic mass is 19.4. The van der Waals surface area contributed by atoms with Crippen molar-refractivity contribution in [3.63, 3.8) is 0 Å². The molecule has 1 aliphatic rings. The Kier molecular flexibility index (Phi) is 7.54. The maximum absolute atomic E-state index is 13.4. The lowest BCUT2D eigenvalue weighted by Crippen LogP contribution is -2.45. The zero-order valence-electron chi connectivity index (χ0n) is 21.2. The van der Waals surface area contributed by atoms with Crippen molar-refractivity contribution in [2.24, 2.45) is 0 Å². The van der Waals surface area contributed by atoms with Crippen LogP contribution in [0.5, 0.6) is 0 Å². The summed E-state index contributed by atoms with van der Waals surface area (Å²) in [5.41, 5.74) is 4.92. The maximum atomic E-state index is 13.4. The molecule has 1 amide bonds. The largest absolute Gasteiger partial charge is 0.416 e. The van der Waals surface area contributed by atoms with Crippen molar-refractivity contribution in [2.75, 3.05) is 13.6 Å². The van der Waals surface area contributed by atoms with E-state index in [1.54, 1.807) is 13.1 Å². The summed E-state index contributed by atoms with van der Waals surface area (Å²) in [6.45, 7) is 7.27. The second-order valence-electron chi connectivity index (χ2n) is 9.37. The summed E-state index contributed by atoms with van der Waals surface area (Å²) in [6.07, 6.45) is -2.60. The van der Waals surface area contributed by atoms with E-state index in [1.807, 2.05) is 48.9 Å². The third kappa shape index (κ3) is 5.05. The fourth-order valence-corrected chi connectivity index (χ4v) is 5.45. The van der Waals surface area contributed by atoms with E-state index in [-0.39, 0.29) is 11.9 Å². The Balaban J connectivity index is 1.76. The first-order valence-electron chi connectivity index (χ1n) is 12.4. The van der Waals surface area contributed by atoms with Crippen LogP contribution in [0.1, 0.15) is 64.6 Å². The minimum Gasteiger partial charge on any atom is -0.358 e. The highest BCUT2D eigenvalue weighted by Crippen LogP contribution is 2.41. The number of alkyl halides is 3. The maximum Gasteiger partial charge on any atom is 0.416 e. The van der Waals surface area contributed by atoms with Crippen molar-refractivity contribution < 1.29 is 18.0 Å². The van der Waals surface area contributed by atoms with Crippen molar-refractivity contribution in [1.82, 2.24) is 20.0 Å². The van der Waals surface area contributed by atoms with Gasteiger partial charge in [-0.2, -0.15) is 18.3 Å². The van der Waals surface area contributed by atoms with E-state index < -0.39 is 17.8 Å². The molecular formula is C28H33F3N4O. The van der Waals surface area contributed by atoms with Gasteiger partial charge in [-0.1, -0.05) is 36.4 Å². The van der Waals surface area contributed by atoms with E-state index in [9.17, 15) is 18.0 Å². The van der Waals surface area contributed by atoms with Gasteiger partial charge in [-0.25, -0.2) is 0 Å². The van der Waals surface area contributed by atoms with E-state index in [0.717, 1.165) is 47.1 Å². The standard InChI is InChI=1S/C28H33F3N4O/c1-5-35-24-15-16-34(26(27(36)32-4)20-9-7-6-8-10-20)23(25(24)19(3)33-35)14-12-21-17-22(28(29,30)31)13-11-18(21)2/h6-11,13,17,23,26H,5,12,14-16H2,1-4H3,(H,32,36). The molecule has 2 heterocycles. The molecule has 192 valence electrons. The molecule has 1 N–H and O–H groups in total. The average molecular weight is 499 g/mol. The van der Waals surface area contributed by atoms with Crippen LogP contribution < -0.4 is 5.32 Å². The highest BCUT2D eigenvalue weighted by molar-refractivity contribution is 5.83. The number of rotatable bonds is 7. The Bertz CT molecular complexity index is 1220. The van der Waals surface area contributed by atoms with E-state index in [1.165, 1.54) is 6.07 Å². The molecule has 4 rings (SSSR count). The van der Waals surface area contributed by atoms with E-state index in [4.69, 9.17) is 5.10 Å². The van der Waals surface area contributed by atoms with Gasteiger partial charge < -0.3 is 5.32 Å². The monoisotopic (exact) mass is 498 g/mol. The van der Waals surface area contributed by atoms with Crippen LogP contribution in [0.4, 0.5) is 13.2 Å². The number of carbonyl (C=O) groups is 1. The van der Waals surface area contributed by atoms with Crippen LogP contribution >= 0.6 is 0 Å². The number of carbonyl (C=O) groups excluding carboxylic acids is 1. The fraction of sp³-hybridized carbons (Fsp3) is 0.429. The Hall–Kier alpha value is -3.13. The number of nitrogens with one attached hydrogen (secondary N) is 1. The number of halogens is 3. The summed E-state index contributed by atoms with van der Waals surface area (Å²) in [6, 6.07) is 12.9. The zero-order chi connectivity index (χ0) is 26.0. The molecule has 1 aliphatic heterocycles. The van der Waals surface area contributed by atoms with Gasteiger partial charge in [-0.3, -0.25) is 14.4 Å². The quantitative estimate of drug-likeness (QED) is 0.464. The summed E-state index contributed by atoms with van der Waals surface area (Å²) in [7, 11) is 1.63. The third-order valence-electron chi connectivity index (χ3n) is 7.23. The summed E-state index contributed by atoms with van der Waals surface area (Å²) in [5.74, 6) is -0.106. The first-order chi connectivity index (χ1) is 17.2. The second kappa shape index (κ2) is 10.5. The van der Waals surface area contributed by atoms with Crippen LogP contribution in [0.15, 0.2) is 48.5 Å². The fourth-order valence-electron chi connectivity index (χ4n) is 5.45. The third-order valence-corrected chi connectivity index (χ3v) is 7.23. The van der Waals surface area contributed by atoms with Gasteiger partial charge in [-0.15, -0.1) is 0 Å². The summed E-state index contributed by atoms with van der Waals surface area (Å²) in [5, 5.41) is 7.57. The number of hydrogen-bond donors (Lipinski definition) is 1. The molecule has 0 saturated heterocycles. The molecule has 1 aromatic heterocycles. The molecule has 2 unspecified atom stereocenters. The minimum absolute atomic E-state index is 0.106. The van der Waals surface area contributed by atoms with Crippen molar-refractivity contribution in [1.29, 1.82) is 0 Å². The van der Waals surface area contributed by atoms with E-state index in [0.29, 0.717) is 24.9 Å². The lowest BCUT2D eigenvalue weighted by molar-refractivity contribution is -0.137. The van der Waals surface area contributed by atoms with Crippen LogP contribution in [-0.4, -0.2) is 34.2 Å². The number of hydrogen-bond acceptors (Lipinski definition) is 3. The van der Waals surface area contributed by atoms with Crippen LogP contribution in [0, 0.1) is 13.8 Å². The second-order valence-corrected chi connectivity index (χ2v) is 9.37. The lowest BCUT2D eigenvalue weighted by Gasteiger charge is -2.41. The molecular weight excluding hydrogens is 465 g/mol. The van der Waals surface area contributed by atoms with E-state index in [2.05, 4.69) is 17.1 Å². The van der Waals surface area contributed by atoms with Crippen LogP contribution in [0.2, 0.25) is 0 Å². The highest BCUT2D eigenvalue weighted by Gasteiger charge is 2.39. The first kappa shape index (κ1) is 25.9. The molecule has 3 aromatic rings. The normalized spacial score (nSPS) is 17.0. The van der Waals surface area contributed by atoms with Gasteiger partial charge in [0.1, 0.15) is 6.04 Å². The number of likely N-dealkylation sites (N-methyl/N-ethyl adjacent to an activating group) is 1.